The number of benzene rings is 2. The molecule has 1 heterocycles. The van der Waals surface area contributed by atoms with Crippen molar-refractivity contribution in [3.8, 4) is 0 Å². The number of esters is 1. The van der Waals surface area contributed by atoms with E-state index < -0.39 is 16.0 Å². The van der Waals surface area contributed by atoms with E-state index in [2.05, 4.69) is 0 Å². The summed E-state index contributed by atoms with van der Waals surface area (Å²) < 4.78 is 30.8. The van der Waals surface area contributed by atoms with Gasteiger partial charge in [-0.2, -0.15) is 0 Å². The van der Waals surface area contributed by atoms with Gasteiger partial charge in [0.15, 0.2) is 12.4 Å². The number of carbonyl (C=O) groups excluding carboxylic acids is 2. The second-order valence-corrected chi connectivity index (χ2v) is 9.05. The smallest absolute Gasteiger partial charge is 0.338 e. The number of hydrogen-bond acceptors (Lipinski definition) is 5. The van der Waals surface area contributed by atoms with Gasteiger partial charge in [0, 0.05) is 12.1 Å². The molecule has 3 rings (SSSR count). The molecule has 1 aliphatic rings. The van der Waals surface area contributed by atoms with Crippen molar-refractivity contribution in [3.05, 3.63) is 64.2 Å². The normalized spacial score (nSPS) is 13.3. The topological polar surface area (TPSA) is 80.8 Å². The highest BCUT2D eigenvalue weighted by molar-refractivity contribution is 7.92. The Labute approximate surface area is 165 Å². The molecule has 0 amide bonds. The minimum atomic E-state index is -3.32. The van der Waals surface area contributed by atoms with Crippen molar-refractivity contribution in [1.29, 1.82) is 0 Å². The van der Waals surface area contributed by atoms with Crippen molar-refractivity contribution in [1.82, 2.24) is 0 Å². The van der Waals surface area contributed by atoms with Gasteiger partial charge in [-0.15, -0.1) is 0 Å². The molecule has 0 spiro atoms. The Morgan fingerprint density at radius 1 is 1.04 bits per heavy atom. The maximum absolute atomic E-state index is 12.4. The molecule has 7 heteroatoms. The van der Waals surface area contributed by atoms with Crippen LogP contribution >= 0.6 is 0 Å². The lowest BCUT2D eigenvalue weighted by atomic mass is 10.1. The molecule has 0 aliphatic carbocycles. The molecule has 0 atom stereocenters. The molecule has 2 aromatic rings. The molecular formula is C21H23NO5S. The number of sulfonamides is 1. The average molecular weight is 401 g/mol. The van der Waals surface area contributed by atoms with Crippen molar-refractivity contribution in [2.24, 2.45) is 0 Å². The fourth-order valence-corrected chi connectivity index (χ4v) is 4.31. The zero-order valence-electron chi connectivity index (χ0n) is 16.2. The number of anilines is 1. The lowest BCUT2D eigenvalue weighted by Gasteiger charge is -2.18. The molecule has 0 saturated heterocycles. The average Bonchev–Trinajstić information content (AvgIpc) is 3.12. The highest BCUT2D eigenvalue weighted by Crippen LogP contribution is 2.31. The number of hydrogen-bond donors (Lipinski definition) is 0. The third-order valence-corrected chi connectivity index (χ3v) is 6.81. The summed E-state index contributed by atoms with van der Waals surface area (Å²) >= 11 is 0. The standard InChI is InChI=1S/C21H23NO5S/c1-4-28(25,26)22-10-9-16-12-17(7-8-19(16)22)20(23)13-27-21(24)18-6-5-14(2)15(3)11-18/h5-8,11-12H,4,9-10,13H2,1-3H3. The van der Waals surface area contributed by atoms with Crippen molar-refractivity contribution in [2.75, 3.05) is 23.2 Å². The number of ketones is 1. The summed E-state index contributed by atoms with van der Waals surface area (Å²) in [6.07, 6.45) is 0.554. The van der Waals surface area contributed by atoms with E-state index in [0.717, 1.165) is 16.7 Å². The van der Waals surface area contributed by atoms with E-state index in [1.807, 2.05) is 19.9 Å². The summed E-state index contributed by atoms with van der Waals surface area (Å²) in [6, 6.07) is 10.2. The highest BCUT2D eigenvalue weighted by atomic mass is 32.2. The van der Waals surface area contributed by atoms with Gasteiger partial charge in [0.05, 0.1) is 17.0 Å². The molecule has 0 radical (unpaired) electrons. The first-order valence-electron chi connectivity index (χ1n) is 9.14. The van der Waals surface area contributed by atoms with Crippen LogP contribution in [0.2, 0.25) is 0 Å². The zero-order chi connectivity index (χ0) is 20.5. The van der Waals surface area contributed by atoms with E-state index in [9.17, 15) is 18.0 Å². The van der Waals surface area contributed by atoms with E-state index in [-0.39, 0.29) is 18.1 Å². The van der Waals surface area contributed by atoms with Gasteiger partial charge in [0.1, 0.15) is 0 Å². The molecule has 0 unspecified atom stereocenters. The van der Waals surface area contributed by atoms with Crippen molar-refractivity contribution in [3.63, 3.8) is 0 Å². The van der Waals surface area contributed by atoms with Crippen LogP contribution in [-0.4, -0.2) is 39.1 Å². The summed E-state index contributed by atoms with van der Waals surface area (Å²) in [5.41, 5.74) is 4.29. The number of nitrogens with zero attached hydrogens (tertiary/aromatic N) is 1. The molecule has 0 fully saturated rings. The Morgan fingerprint density at radius 2 is 1.75 bits per heavy atom. The van der Waals surface area contributed by atoms with Crippen LogP contribution in [-0.2, 0) is 21.2 Å². The highest BCUT2D eigenvalue weighted by Gasteiger charge is 2.28. The number of rotatable bonds is 6. The molecule has 2 aromatic carbocycles. The molecule has 1 aliphatic heterocycles. The number of Topliss-reactive ketones (excluding diaryl/α,β-unsaturated/α-hetero) is 1. The summed E-state index contributed by atoms with van der Waals surface area (Å²) in [4.78, 5) is 24.6. The second-order valence-electron chi connectivity index (χ2n) is 6.86. The summed E-state index contributed by atoms with van der Waals surface area (Å²) in [5.74, 6) is -0.837. The molecule has 148 valence electrons. The quantitative estimate of drug-likeness (QED) is 0.549. The fourth-order valence-electron chi connectivity index (χ4n) is 3.16. The van der Waals surface area contributed by atoms with Gasteiger partial charge in [-0.05, 0) is 74.2 Å². The van der Waals surface area contributed by atoms with Crippen LogP contribution in [0.1, 0.15) is 44.3 Å². The molecule has 28 heavy (non-hydrogen) atoms. The van der Waals surface area contributed by atoms with E-state index in [1.165, 1.54) is 4.31 Å². The van der Waals surface area contributed by atoms with Gasteiger partial charge in [0.2, 0.25) is 10.0 Å². The summed E-state index contributed by atoms with van der Waals surface area (Å²) in [7, 11) is -3.32. The Balaban J connectivity index is 1.69. The zero-order valence-corrected chi connectivity index (χ0v) is 17.0. The minimum absolute atomic E-state index is 0.0293. The Morgan fingerprint density at radius 3 is 2.43 bits per heavy atom. The van der Waals surface area contributed by atoms with Gasteiger partial charge < -0.3 is 4.74 Å². The van der Waals surface area contributed by atoms with Gasteiger partial charge in [0.25, 0.3) is 0 Å². The van der Waals surface area contributed by atoms with Gasteiger partial charge >= 0.3 is 5.97 Å². The van der Waals surface area contributed by atoms with E-state index in [4.69, 9.17) is 4.74 Å². The lowest BCUT2D eigenvalue weighted by Crippen LogP contribution is -2.30. The van der Waals surface area contributed by atoms with Crippen molar-refractivity contribution in [2.45, 2.75) is 27.2 Å². The SMILES string of the molecule is CCS(=O)(=O)N1CCc2cc(C(=O)COC(=O)c3ccc(C)c(C)c3)ccc21. The maximum Gasteiger partial charge on any atom is 0.338 e. The Bertz CT molecular complexity index is 1040. The van der Waals surface area contributed by atoms with Crippen LogP contribution in [0.3, 0.4) is 0 Å². The number of fused-ring (bicyclic) bond motifs is 1. The van der Waals surface area contributed by atoms with E-state index in [1.54, 1.807) is 37.3 Å². The minimum Gasteiger partial charge on any atom is -0.454 e. The monoisotopic (exact) mass is 401 g/mol. The third kappa shape index (κ3) is 3.94. The van der Waals surface area contributed by atoms with Crippen LogP contribution in [0.5, 0.6) is 0 Å². The predicted octanol–water partition coefficient (Wildman–Crippen LogP) is 3.06. The summed E-state index contributed by atoms with van der Waals surface area (Å²) in [6.45, 7) is 5.49. The number of ether oxygens (including phenoxy) is 1. The molecular weight excluding hydrogens is 378 g/mol. The predicted molar refractivity (Wildman–Crippen MR) is 107 cm³/mol. The van der Waals surface area contributed by atoms with Crippen LogP contribution in [0.4, 0.5) is 5.69 Å². The van der Waals surface area contributed by atoms with Gasteiger partial charge in [-0.25, -0.2) is 13.2 Å². The lowest BCUT2D eigenvalue weighted by molar-refractivity contribution is 0.0474. The molecule has 6 nitrogen and oxygen atoms in total. The maximum atomic E-state index is 12.4. The first-order chi connectivity index (χ1) is 13.2. The van der Waals surface area contributed by atoms with Crippen molar-refractivity contribution >= 4 is 27.5 Å². The second kappa shape index (κ2) is 7.75. The van der Waals surface area contributed by atoms with Crippen LogP contribution < -0.4 is 4.31 Å². The fraction of sp³-hybridized carbons (Fsp3) is 0.333. The van der Waals surface area contributed by atoms with E-state index in [0.29, 0.717) is 29.8 Å². The largest absolute Gasteiger partial charge is 0.454 e. The first kappa shape index (κ1) is 20.1. The van der Waals surface area contributed by atoms with Gasteiger partial charge in [-0.1, -0.05) is 6.07 Å². The van der Waals surface area contributed by atoms with Crippen molar-refractivity contribution < 1.29 is 22.7 Å². The van der Waals surface area contributed by atoms with Crippen LogP contribution in [0.25, 0.3) is 0 Å². The van der Waals surface area contributed by atoms with E-state index >= 15 is 0 Å². The molecule has 0 saturated carbocycles. The van der Waals surface area contributed by atoms with Gasteiger partial charge in [-0.3, -0.25) is 9.10 Å². The number of aryl methyl sites for hydroxylation is 2. The Hall–Kier alpha value is -2.67. The molecule has 0 aromatic heterocycles. The molecule has 0 N–H and O–H groups in total. The Kier molecular flexibility index (Phi) is 5.56. The number of carbonyl (C=O) groups is 2. The van der Waals surface area contributed by atoms with Crippen LogP contribution in [0, 0.1) is 13.8 Å². The molecule has 0 bridgehead atoms. The van der Waals surface area contributed by atoms with Crippen LogP contribution in [0.15, 0.2) is 36.4 Å². The third-order valence-electron chi connectivity index (χ3n) is 5.03. The first-order valence-corrected chi connectivity index (χ1v) is 10.7. The summed E-state index contributed by atoms with van der Waals surface area (Å²) in [5, 5.41) is 0.